The molecular formula is C22H25ClFN3O5S2. The van der Waals surface area contributed by atoms with Crippen LogP contribution >= 0.6 is 11.6 Å². The van der Waals surface area contributed by atoms with Gasteiger partial charge in [0.1, 0.15) is 10.7 Å². The Bertz CT molecular complexity index is 1390. The van der Waals surface area contributed by atoms with Crippen LogP contribution in [0.2, 0.25) is 5.02 Å². The average molecular weight is 530 g/mol. The summed E-state index contributed by atoms with van der Waals surface area (Å²) in [6, 6.07) is 5.59. The first kappa shape index (κ1) is 25.1. The van der Waals surface area contributed by atoms with Crippen molar-refractivity contribution >= 4 is 37.4 Å². The molecule has 8 nitrogen and oxygen atoms in total. The third-order valence-electron chi connectivity index (χ3n) is 6.48. The van der Waals surface area contributed by atoms with E-state index in [1.54, 1.807) is 13.8 Å². The van der Waals surface area contributed by atoms with E-state index in [1.807, 2.05) is 4.90 Å². The van der Waals surface area contributed by atoms with E-state index in [0.717, 1.165) is 12.1 Å². The van der Waals surface area contributed by atoms with Gasteiger partial charge in [-0.05, 0) is 48.2 Å². The predicted molar refractivity (Wildman–Crippen MR) is 124 cm³/mol. The van der Waals surface area contributed by atoms with E-state index in [2.05, 4.69) is 4.72 Å². The summed E-state index contributed by atoms with van der Waals surface area (Å²) in [5.41, 5.74) is 5.11. The minimum absolute atomic E-state index is 0.103. The molecule has 12 heteroatoms. The molecule has 184 valence electrons. The van der Waals surface area contributed by atoms with Gasteiger partial charge in [-0.15, -0.1) is 0 Å². The van der Waals surface area contributed by atoms with Gasteiger partial charge in [-0.2, -0.15) is 0 Å². The lowest BCUT2D eigenvalue weighted by atomic mass is 9.77. The van der Waals surface area contributed by atoms with E-state index in [0.29, 0.717) is 37.1 Å². The van der Waals surface area contributed by atoms with Crippen molar-refractivity contribution in [2.75, 3.05) is 19.6 Å². The number of hydrogen-bond donors (Lipinski definition) is 2. The summed E-state index contributed by atoms with van der Waals surface area (Å²) >= 11 is 6.38. The molecule has 34 heavy (non-hydrogen) atoms. The highest BCUT2D eigenvalue weighted by Gasteiger charge is 2.42. The minimum atomic E-state index is -4.19. The Labute approximate surface area is 203 Å². The number of piperidine rings is 1. The number of sulfonamides is 1. The van der Waals surface area contributed by atoms with E-state index in [9.17, 15) is 26.0 Å². The van der Waals surface area contributed by atoms with Gasteiger partial charge >= 0.3 is 0 Å². The average Bonchev–Trinajstić information content (AvgIpc) is 2.73. The molecule has 0 aromatic heterocycles. The van der Waals surface area contributed by atoms with Crippen LogP contribution in [-0.4, -0.2) is 53.3 Å². The summed E-state index contributed by atoms with van der Waals surface area (Å²) in [5, 5.41) is -0.105. The minimum Gasteiger partial charge on any atom is -0.369 e. The highest BCUT2D eigenvalue weighted by molar-refractivity contribution is 7.92. The molecule has 2 aromatic rings. The van der Waals surface area contributed by atoms with Crippen molar-refractivity contribution in [3.63, 3.8) is 0 Å². The molecule has 3 N–H and O–H groups in total. The SMILES string of the molecule is CC1(C)c2ccc(F)cc2S(=O)(=O)c2cc(S(=O)(=O)NC3CCN(CC(N)=O)CC3)c(Cl)cc21. The Morgan fingerprint density at radius 2 is 1.79 bits per heavy atom. The zero-order chi connectivity index (χ0) is 25.1. The summed E-state index contributed by atoms with van der Waals surface area (Å²) < 4.78 is 69.7. The molecule has 4 rings (SSSR count). The molecule has 0 atom stereocenters. The van der Waals surface area contributed by atoms with Gasteiger partial charge in [0.05, 0.1) is 21.4 Å². The van der Waals surface area contributed by atoms with Crippen LogP contribution in [0.5, 0.6) is 0 Å². The number of hydrogen-bond acceptors (Lipinski definition) is 6. The van der Waals surface area contributed by atoms with Crippen LogP contribution in [0.1, 0.15) is 37.8 Å². The van der Waals surface area contributed by atoms with E-state index >= 15 is 0 Å². The van der Waals surface area contributed by atoms with Crippen LogP contribution in [0.25, 0.3) is 0 Å². The van der Waals surface area contributed by atoms with Crippen LogP contribution in [0.3, 0.4) is 0 Å². The lowest BCUT2D eigenvalue weighted by molar-refractivity contribution is -0.119. The highest BCUT2D eigenvalue weighted by atomic mass is 35.5. The topological polar surface area (TPSA) is 127 Å². The van der Waals surface area contributed by atoms with E-state index in [-0.39, 0.29) is 26.3 Å². The molecule has 2 aromatic carbocycles. The van der Waals surface area contributed by atoms with Crippen LogP contribution in [0.4, 0.5) is 4.39 Å². The molecule has 2 aliphatic heterocycles. The molecule has 0 unspecified atom stereocenters. The second-order valence-electron chi connectivity index (χ2n) is 9.19. The van der Waals surface area contributed by atoms with Crippen LogP contribution in [0, 0.1) is 5.82 Å². The number of carbonyl (C=O) groups is 1. The summed E-state index contributed by atoms with van der Waals surface area (Å²) in [7, 11) is -8.36. The van der Waals surface area contributed by atoms with Crippen molar-refractivity contribution in [2.45, 2.75) is 52.8 Å². The van der Waals surface area contributed by atoms with Crippen molar-refractivity contribution < 1.29 is 26.0 Å². The number of likely N-dealkylation sites (tertiary alicyclic amines) is 1. The second kappa shape index (κ2) is 8.56. The van der Waals surface area contributed by atoms with Gasteiger partial charge in [0.25, 0.3) is 0 Å². The first-order valence-electron chi connectivity index (χ1n) is 10.7. The van der Waals surface area contributed by atoms with Gasteiger partial charge in [0.15, 0.2) is 0 Å². The maximum absolute atomic E-state index is 13.9. The number of fused-ring (bicyclic) bond motifs is 2. The van der Waals surface area contributed by atoms with Crippen LogP contribution in [0.15, 0.2) is 45.0 Å². The van der Waals surface area contributed by atoms with Crippen LogP contribution < -0.4 is 10.5 Å². The molecule has 1 amide bonds. The zero-order valence-electron chi connectivity index (χ0n) is 18.6. The number of nitrogens with zero attached hydrogens (tertiary/aromatic N) is 1. The normalized spacial score (nSPS) is 19.9. The number of halogens is 2. The maximum Gasteiger partial charge on any atom is 0.242 e. The second-order valence-corrected chi connectivity index (χ2v) is 13.2. The quantitative estimate of drug-likeness (QED) is 0.611. The summed E-state index contributed by atoms with van der Waals surface area (Å²) in [6.45, 7) is 4.63. The highest BCUT2D eigenvalue weighted by Crippen LogP contribution is 2.47. The fourth-order valence-corrected chi connectivity index (χ4v) is 8.59. The van der Waals surface area contributed by atoms with Gasteiger partial charge in [-0.3, -0.25) is 9.69 Å². The Kier molecular flexibility index (Phi) is 6.31. The molecular weight excluding hydrogens is 505 g/mol. The van der Waals surface area contributed by atoms with Gasteiger partial charge < -0.3 is 5.73 Å². The molecule has 2 aliphatic rings. The Morgan fingerprint density at radius 3 is 2.41 bits per heavy atom. The van der Waals surface area contributed by atoms with Crippen molar-refractivity contribution in [3.05, 3.63) is 52.3 Å². The lowest BCUT2D eigenvalue weighted by Crippen LogP contribution is -2.46. The number of benzene rings is 2. The zero-order valence-corrected chi connectivity index (χ0v) is 21.0. The molecule has 1 fully saturated rings. The van der Waals surface area contributed by atoms with E-state index < -0.39 is 43.0 Å². The number of nitrogens with two attached hydrogens (primary N) is 1. The molecule has 1 saturated heterocycles. The number of carbonyl (C=O) groups excluding carboxylic acids is 1. The van der Waals surface area contributed by atoms with Crippen molar-refractivity contribution in [1.29, 1.82) is 0 Å². The number of nitrogens with one attached hydrogen (secondary N) is 1. The third-order valence-corrected chi connectivity index (χ3v) is 10.3. The van der Waals surface area contributed by atoms with Crippen molar-refractivity contribution in [1.82, 2.24) is 9.62 Å². The molecule has 0 bridgehead atoms. The number of rotatable bonds is 5. The third kappa shape index (κ3) is 4.35. The number of amides is 1. The Morgan fingerprint density at radius 1 is 1.18 bits per heavy atom. The first-order valence-corrected chi connectivity index (χ1v) is 14.0. The molecule has 2 heterocycles. The molecule has 0 aliphatic carbocycles. The monoisotopic (exact) mass is 529 g/mol. The smallest absolute Gasteiger partial charge is 0.242 e. The summed E-state index contributed by atoms with van der Waals surface area (Å²) in [4.78, 5) is 12.2. The Balaban J connectivity index is 1.70. The fourth-order valence-electron chi connectivity index (χ4n) is 4.66. The van der Waals surface area contributed by atoms with Gasteiger partial charge in [-0.25, -0.2) is 25.9 Å². The van der Waals surface area contributed by atoms with E-state index in [4.69, 9.17) is 17.3 Å². The summed E-state index contributed by atoms with van der Waals surface area (Å²) in [6.07, 6.45) is 0.903. The molecule has 0 radical (unpaired) electrons. The van der Waals surface area contributed by atoms with Gasteiger partial charge in [0, 0.05) is 24.5 Å². The lowest BCUT2D eigenvalue weighted by Gasteiger charge is -2.35. The standard InChI is InChI=1S/C22H25ClFN3O5S2/c1-22(2)15-4-3-13(24)9-18(15)33(29,30)19-11-20(17(23)10-16(19)22)34(31,32)26-14-5-7-27(8-6-14)12-21(25)28/h3-4,9-11,14,26H,5-8,12H2,1-2H3,(H2,25,28). The summed E-state index contributed by atoms with van der Waals surface area (Å²) in [5.74, 6) is -1.15. The number of primary amides is 1. The first-order chi connectivity index (χ1) is 15.7. The maximum atomic E-state index is 13.9. The van der Waals surface area contributed by atoms with Crippen molar-refractivity contribution in [3.8, 4) is 0 Å². The van der Waals surface area contributed by atoms with E-state index in [1.165, 1.54) is 18.2 Å². The van der Waals surface area contributed by atoms with Gasteiger partial charge in [0.2, 0.25) is 25.8 Å². The van der Waals surface area contributed by atoms with Crippen molar-refractivity contribution in [2.24, 2.45) is 5.73 Å². The fraction of sp³-hybridized carbons (Fsp3) is 0.409. The molecule has 0 saturated carbocycles. The Hall–Kier alpha value is -2.05. The van der Waals surface area contributed by atoms with Crippen LogP contribution in [-0.2, 0) is 30.1 Å². The number of sulfone groups is 1. The molecule has 0 spiro atoms. The largest absolute Gasteiger partial charge is 0.369 e. The predicted octanol–water partition coefficient (Wildman–Crippen LogP) is 2.18. The van der Waals surface area contributed by atoms with Gasteiger partial charge in [-0.1, -0.05) is 31.5 Å².